The van der Waals surface area contributed by atoms with E-state index in [1.807, 2.05) is 16.7 Å². The van der Waals surface area contributed by atoms with Crippen molar-refractivity contribution < 1.29 is 17.9 Å². The molecule has 0 aromatic carbocycles. The van der Waals surface area contributed by atoms with Gasteiger partial charge in [-0.25, -0.2) is 9.98 Å². The number of aliphatic imine (C=N–C) groups is 1. The highest BCUT2D eigenvalue weighted by Gasteiger charge is 2.34. The molecule has 0 radical (unpaired) electrons. The molecule has 0 amide bonds. The molecule has 2 N–H and O–H groups in total. The summed E-state index contributed by atoms with van der Waals surface area (Å²) in [5, 5.41) is 0. The van der Waals surface area contributed by atoms with Gasteiger partial charge >= 0.3 is 6.18 Å². The van der Waals surface area contributed by atoms with Crippen LogP contribution in [0.25, 0.3) is 0 Å². The van der Waals surface area contributed by atoms with Crippen LogP contribution in [0.5, 0.6) is 5.88 Å². The molecule has 2 heterocycles. The van der Waals surface area contributed by atoms with E-state index in [1.165, 1.54) is 12.3 Å². The fraction of sp³-hybridized carbons (Fsp3) is 0.538. The molecule has 1 fully saturated rings. The first kappa shape index (κ1) is 16.7. The van der Waals surface area contributed by atoms with Crippen LogP contribution in [-0.4, -0.2) is 53.6 Å². The average Bonchev–Trinajstić information content (AvgIpc) is 2.51. The molecule has 1 saturated heterocycles. The van der Waals surface area contributed by atoms with Crippen LogP contribution in [0.3, 0.4) is 0 Å². The fourth-order valence-electron chi connectivity index (χ4n) is 1.92. The van der Waals surface area contributed by atoms with Crippen molar-refractivity contribution in [3.63, 3.8) is 0 Å². The Morgan fingerprint density at radius 2 is 2.14 bits per heavy atom. The van der Waals surface area contributed by atoms with Gasteiger partial charge in [-0.05, 0) is 12.1 Å². The summed E-state index contributed by atoms with van der Waals surface area (Å²) in [5.41, 5.74) is 4.95. The van der Waals surface area contributed by atoms with Gasteiger partial charge in [0, 0.05) is 30.8 Å². The summed E-state index contributed by atoms with van der Waals surface area (Å²) in [6.07, 6.45) is -3.23. The van der Waals surface area contributed by atoms with Crippen molar-refractivity contribution in [2.75, 3.05) is 37.7 Å². The number of ether oxygens (including phenoxy) is 1. The number of pyridine rings is 1. The SMILES string of the molecule is NC(=NCCOc1ncccc1C(F)(F)F)N1CCSCC1. The van der Waals surface area contributed by atoms with Crippen LogP contribution in [0.1, 0.15) is 5.56 Å². The van der Waals surface area contributed by atoms with Gasteiger partial charge < -0.3 is 15.4 Å². The second-order valence-electron chi connectivity index (χ2n) is 4.54. The third kappa shape index (κ3) is 4.69. The van der Waals surface area contributed by atoms with Gasteiger partial charge in [0.25, 0.3) is 0 Å². The van der Waals surface area contributed by atoms with Crippen molar-refractivity contribution >= 4 is 17.7 Å². The van der Waals surface area contributed by atoms with E-state index in [2.05, 4.69) is 9.98 Å². The molecule has 9 heteroatoms. The van der Waals surface area contributed by atoms with E-state index in [0.717, 1.165) is 30.7 Å². The van der Waals surface area contributed by atoms with Gasteiger partial charge in [-0.3, -0.25) is 0 Å². The van der Waals surface area contributed by atoms with E-state index in [-0.39, 0.29) is 13.2 Å². The summed E-state index contributed by atoms with van der Waals surface area (Å²) in [4.78, 5) is 9.71. The van der Waals surface area contributed by atoms with Crippen molar-refractivity contribution in [2.24, 2.45) is 10.7 Å². The molecule has 0 atom stereocenters. The van der Waals surface area contributed by atoms with E-state index in [9.17, 15) is 13.2 Å². The predicted octanol–water partition coefficient (Wildman–Crippen LogP) is 1.84. The molecule has 1 aliphatic rings. The summed E-state index contributed by atoms with van der Waals surface area (Å²) >= 11 is 1.85. The molecule has 22 heavy (non-hydrogen) atoms. The van der Waals surface area contributed by atoms with Crippen LogP contribution in [-0.2, 0) is 6.18 Å². The molecule has 5 nitrogen and oxygen atoms in total. The van der Waals surface area contributed by atoms with Crippen molar-refractivity contribution in [2.45, 2.75) is 6.18 Å². The number of aromatic nitrogens is 1. The Labute approximate surface area is 130 Å². The lowest BCUT2D eigenvalue weighted by Gasteiger charge is -2.27. The first-order valence-corrected chi connectivity index (χ1v) is 7.91. The van der Waals surface area contributed by atoms with Crippen molar-refractivity contribution in [3.05, 3.63) is 23.9 Å². The monoisotopic (exact) mass is 334 g/mol. The minimum Gasteiger partial charge on any atom is -0.475 e. The van der Waals surface area contributed by atoms with E-state index in [1.54, 1.807) is 0 Å². The minimum absolute atomic E-state index is 0.0105. The number of nitrogens with zero attached hydrogens (tertiary/aromatic N) is 3. The summed E-state index contributed by atoms with van der Waals surface area (Å²) in [6.45, 7) is 1.84. The van der Waals surface area contributed by atoms with Crippen LogP contribution in [0.4, 0.5) is 13.2 Å². The number of alkyl halides is 3. The average molecular weight is 334 g/mol. The molecule has 1 aliphatic heterocycles. The summed E-state index contributed by atoms with van der Waals surface area (Å²) < 4.78 is 43.3. The van der Waals surface area contributed by atoms with E-state index in [0.29, 0.717) is 5.96 Å². The van der Waals surface area contributed by atoms with Gasteiger partial charge in [0.2, 0.25) is 5.88 Å². The van der Waals surface area contributed by atoms with Crippen LogP contribution in [0, 0.1) is 0 Å². The highest BCUT2D eigenvalue weighted by Crippen LogP contribution is 2.34. The Bertz CT molecular complexity index is 518. The van der Waals surface area contributed by atoms with Crippen molar-refractivity contribution in [1.29, 1.82) is 0 Å². The quantitative estimate of drug-likeness (QED) is 0.517. The molecule has 0 saturated carbocycles. The summed E-state index contributed by atoms with van der Waals surface area (Å²) in [7, 11) is 0. The zero-order valence-electron chi connectivity index (χ0n) is 11.8. The second-order valence-corrected chi connectivity index (χ2v) is 5.77. The van der Waals surface area contributed by atoms with Gasteiger partial charge in [0.05, 0.1) is 6.54 Å². The molecule has 1 aromatic rings. The van der Waals surface area contributed by atoms with E-state index >= 15 is 0 Å². The lowest BCUT2D eigenvalue weighted by Crippen LogP contribution is -2.42. The van der Waals surface area contributed by atoms with Crippen molar-refractivity contribution in [1.82, 2.24) is 9.88 Å². The Kier molecular flexibility index (Phi) is 5.76. The number of hydrogen-bond donors (Lipinski definition) is 1. The molecule has 122 valence electrons. The zero-order chi connectivity index (χ0) is 16.0. The highest BCUT2D eigenvalue weighted by atomic mass is 32.2. The Balaban J connectivity index is 1.86. The number of halogens is 3. The molecular weight excluding hydrogens is 317 g/mol. The fourth-order valence-corrected chi connectivity index (χ4v) is 2.82. The third-order valence-corrected chi connectivity index (χ3v) is 3.96. The zero-order valence-corrected chi connectivity index (χ0v) is 12.7. The maximum absolute atomic E-state index is 12.8. The lowest BCUT2D eigenvalue weighted by molar-refractivity contribution is -0.139. The standard InChI is InChI=1S/C13H17F3N4OS/c14-13(15,16)10-2-1-3-18-11(10)21-7-4-19-12(17)20-5-8-22-9-6-20/h1-3H,4-9H2,(H2,17,19). The van der Waals surface area contributed by atoms with E-state index in [4.69, 9.17) is 10.5 Å². The van der Waals surface area contributed by atoms with Crippen LogP contribution in [0.15, 0.2) is 23.3 Å². The second kappa shape index (κ2) is 7.57. The van der Waals surface area contributed by atoms with Gasteiger partial charge in [-0.15, -0.1) is 0 Å². The predicted molar refractivity (Wildman–Crippen MR) is 80.1 cm³/mol. The Morgan fingerprint density at radius 1 is 1.41 bits per heavy atom. The van der Waals surface area contributed by atoms with E-state index < -0.39 is 17.6 Å². The highest BCUT2D eigenvalue weighted by molar-refractivity contribution is 7.99. The normalized spacial score (nSPS) is 16.7. The minimum atomic E-state index is -4.49. The summed E-state index contributed by atoms with van der Waals surface area (Å²) in [5.74, 6) is 1.96. The molecular formula is C13H17F3N4OS. The smallest absolute Gasteiger partial charge is 0.421 e. The lowest BCUT2D eigenvalue weighted by atomic mass is 10.2. The van der Waals surface area contributed by atoms with Gasteiger partial charge in [-0.1, -0.05) is 0 Å². The Morgan fingerprint density at radius 3 is 2.82 bits per heavy atom. The molecule has 0 aliphatic carbocycles. The Hall–Kier alpha value is -1.64. The van der Waals surface area contributed by atoms with Crippen molar-refractivity contribution in [3.8, 4) is 5.88 Å². The number of guanidine groups is 1. The maximum Gasteiger partial charge on any atom is 0.421 e. The van der Waals surface area contributed by atoms with Gasteiger partial charge in [0.1, 0.15) is 12.2 Å². The van der Waals surface area contributed by atoms with Gasteiger partial charge in [0.15, 0.2) is 5.96 Å². The maximum atomic E-state index is 12.8. The number of nitrogens with two attached hydrogens (primary N) is 1. The van der Waals surface area contributed by atoms with Crippen LogP contribution in [0.2, 0.25) is 0 Å². The third-order valence-electron chi connectivity index (χ3n) is 3.02. The molecule has 2 rings (SSSR count). The number of rotatable bonds is 4. The largest absolute Gasteiger partial charge is 0.475 e. The molecule has 1 aromatic heterocycles. The molecule has 0 unspecified atom stereocenters. The van der Waals surface area contributed by atoms with Crippen LogP contribution < -0.4 is 10.5 Å². The topological polar surface area (TPSA) is 63.7 Å². The molecule has 0 spiro atoms. The number of hydrogen-bond acceptors (Lipinski definition) is 4. The first-order valence-electron chi connectivity index (χ1n) is 6.76. The molecule has 0 bridgehead atoms. The summed E-state index contributed by atoms with van der Waals surface area (Å²) in [6, 6.07) is 2.16. The van der Waals surface area contributed by atoms with Crippen LogP contribution >= 0.6 is 11.8 Å². The number of thioether (sulfide) groups is 1. The first-order chi connectivity index (χ1) is 10.5. The van der Waals surface area contributed by atoms with Gasteiger partial charge in [-0.2, -0.15) is 24.9 Å².